The minimum atomic E-state index is -0.555. The molecule has 2 rings (SSSR count). The Balaban J connectivity index is 2.33. The van der Waals surface area contributed by atoms with Gasteiger partial charge in [0.15, 0.2) is 0 Å². The first kappa shape index (κ1) is 9.76. The van der Waals surface area contributed by atoms with Crippen molar-refractivity contribution in [2.75, 3.05) is 0 Å². The Morgan fingerprint density at radius 3 is 2.43 bits per heavy atom. The summed E-state index contributed by atoms with van der Waals surface area (Å²) >= 11 is 16.1. The molecule has 0 spiro atoms. The van der Waals surface area contributed by atoms with Crippen molar-refractivity contribution in [3.63, 3.8) is 0 Å². The molecule has 0 fully saturated rings. The summed E-state index contributed by atoms with van der Waals surface area (Å²) in [5, 5.41) is 8.04. The summed E-state index contributed by atoms with van der Waals surface area (Å²) < 4.78 is 5.11. The SMILES string of the molecule is S=C1N=NC(c2cc(Cl)nc(Cl)c2)O1. The van der Waals surface area contributed by atoms with E-state index in [-0.39, 0.29) is 15.5 Å². The Morgan fingerprint density at radius 2 is 1.93 bits per heavy atom. The van der Waals surface area contributed by atoms with Crippen LogP contribution in [0.4, 0.5) is 0 Å². The van der Waals surface area contributed by atoms with E-state index < -0.39 is 6.23 Å². The van der Waals surface area contributed by atoms with E-state index in [0.29, 0.717) is 5.56 Å². The molecule has 0 amide bonds. The van der Waals surface area contributed by atoms with Gasteiger partial charge in [-0.3, -0.25) is 0 Å². The highest BCUT2D eigenvalue weighted by molar-refractivity contribution is 7.80. The van der Waals surface area contributed by atoms with Crippen molar-refractivity contribution < 1.29 is 4.74 Å². The third kappa shape index (κ3) is 2.00. The van der Waals surface area contributed by atoms with E-state index in [1.165, 1.54) is 0 Å². The predicted molar refractivity (Wildman–Crippen MR) is 55.5 cm³/mol. The summed E-state index contributed by atoms with van der Waals surface area (Å²) in [5.41, 5.74) is 0.679. The van der Waals surface area contributed by atoms with E-state index in [0.717, 1.165) is 0 Å². The van der Waals surface area contributed by atoms with E-state index in [2.05, 4.69) is 15.2 Å². The molecule has 0 radical (unpaired) electrons. The number of aromatic nitrogens is 1. The van der Waals surface area contributed by atoms with Crippen LogP contribution >= 0.6 is 35.4 Å². The first-order valence-electron chi connectivity index (χ1n) is 3.59. The number of halogens is 2. The van der Waals surface area contributed by atoms with Crippen LogP contribution in [-0.4, -0.2) is 10.2 Å². The van der Waals surface area contributed by atoms with E-state index in [1.807, 2.05) is 0 Å². The van der Waals surface area contributed by atoms with Gasteiger partial charge in [-0.1, -0.05) is 23.2 Å². The average Bonchev–Trinajstić information content (AvgIpc) is 2.50. The largest absolute Gasteiger partial charge is 0.436 e. The number of azo groups is 1. The minimum Gasteiger partial charge on any atom is -0.436 e. The third-order valence-electron chi connectivity index (χ3n) is 1.53. The molecule has 1 aliphatic rings. The van der Waals surface area contributed by atoms with Crippen molar-refractivity contribution in [1.82, 2.24) is 4.98 Å². The lowest BCUT2D eigenvalue weighted by molar-refractivity contribution is 0.227. The van der Waals surface area contributed by atoms with Gasteiger partial charge in [0.25, 0.3) is 0 Å². The molecule has 14 heavy (non-hydrogen) atoms. The molecule has 0 aliphatic carbocycles. The topological polar surface area (TPSA) is 46.8 Å². The lowest BCUT2D eigenvalue weighted by Crippen LogP contribution is -1.98. The van der Waals surface area contributed by atoms with E-state index >= 15 is 0 Å². The molecule has 0 saturated carbocycles. The van der Waals surface area contributed by atoms with Gasteiger partial charge in [0.1, 0.15) is 10.3 Å². The molecule has 0 aromatic carbocycles. The zero-order chi connectivity index (χ0) is 10.1. The fourth-order valence-corrected chi connectivity index (χ4v) is 1.62. The molecule has 2 heterocycles. The fourth-order valence-electron chi connectivity index (χ4n) is 1.00. The van der Waals surface area contributed by atoms with Crippen LogP contribution in [0.25, 0.3) is 0 Å². The maximum Gasteiger partial charge on any atom is 0.304 e. The standard InChI is InChI=1S/C7H3Cl2N3OS/c8-4-1-3(2-5(9)10-4)6-11-12-7(14)13-6/h1-2,6H. The molecule has 1 aromatic heterocycles. The fraction of sp³-hybridized carbons (Fsp3) is 0.143. The number of hydrogen-bond donors (Lipinski definition) is 0. The van der Waals surface area contributed by atoms with Gasteiger partial charge in [0.2, 0.25) is 6.23 Å². The van der Waals surface area contributed by atoms with Crippen LogP contribution in [-0.2, 0) is 4.74 Å². The van der Waals surface area contributed by atoms with E-state index in [1.54, 1.807) is 12.1 Å². The van der Waals surface area contributed by atoms with Crippen molar-refractivity contribution in [3.8, 4) is 0 Å². The van der Waals surface area contributed by atoms with Crippen LogP contribution in [0, 0.1) is 0 Å². The van der Waals surface area contributed by atoms with Crippen LogP contribution in [0.5, 0.6) is 0 Å². The second-order valence-electron chi connectivity index (χ2n) is 2.50. The van der Waals surface area contributed by atoms with Gasteiger partial charge in [-0.2, -0.15) is 0 Å². The smallest absolute Gasteiger partial charge is 0.304 e. The number of nitrogens with zero attached hydrogens (tertiary/aromatic N) is 3. The molecule has 4 nitrogen and oxygen atoms in total. The van der Waals surface area contributed by atoms with Crippen LogP contribution in [0.3, 0.4) is 0 Å². The lowest BCUT2D eigenvalue weighted by atomic mass is 10.2. The van der Waals surface area contributed by atoms with Gasteiger partial charge < -0.3 is 4.74 Å². The van der Waals surface area contributed by atoms with E-state index in [4.69, 9.17) is 40.2 Å². The number of ether oxygens (including phenoxy) is 1. The summed E-state index contributed by atoms with van der Waals surface area (Å²) in [5.74, 6) is 0. The molecular formula is C7H3Cl2N3OS. The number of rotatable bonds is 1. The number of hydrogen-bond acceptors (Lipinski definition) is 4. The Hall–Kier alpha value is -0.780. The van der Waals surface area contributed by atoms with E-state index in [9.17, 15) is 0 Å². The molecule has 1 atom stereocenters. The van der Waals surface area contributed by atoms with Crippen LogP contribution in [0.15, 0.2) is 22.4 Å². The first-order chi connectivity index (χ1) is 6.65. The monoisotopic (exact) mass is 247 g/mol. The molecule has 1 aliphatic heterocycles. The van der Waals surface area contributed by atoms with Gasteiger partial charge in [0.05, 0.1) is 0 Å². The zero-order valence-corrected chi connectivity index (χ0v) is 8.97. The maximum atomic E-state index is 5.71. The first-order valence-corrected chi connectivity index (χ1v) is 4.76. The highest BCUT2D eigenvalue weighted by Crippen LogP contribution is 2.27. The predicted octanol–water partition coefficient (Wildman–Crippen LogP) is 3.15. The second kappa shape index (κ2) is 3.76. The van der Waals surface area contributed by atoms with Crippen molar-refractivity contribution >= 4 is 40.6 Å². The molecule has 1 unspecified atom stereocenters. The van der Waals surface area contributed by atoms with Gasteiger partial charge in [-0.25, -0.2) is 4.98 Å². The van der Waals surface area contributed by atoms with Crippen LogP contribution < -0.4 is 0 Å². The average molecular weight is 248 g/mol. The molecular weight excluding hydrogens is 245 g/mol. The quantitative estimate of drug-likeness (QED) is 0.566. The molecule has 0 bridgehead atoms. The summed E-state index contributed by atoms with van der Waals surface area (Å²) in [4.78, 5) is 3.79. The number of pyridine rings is 1. The maximum absolute atomic E-state index is 5.71. The summed E-state index contributed by atoms with van der Waals surface area (Å²) in [6, 6.07) is 3.20. The Labute approximate surface area is 94.9 Å². The summed E-state index contributed by atoms with van der Waals surface area (Å²) in [6.07, 6.45) is -0.555. The normalized spacial score (nSPS) is 19.9. The second-order valence-corrected chi connectivity index (χ2v) is 3.62. The highest BCUT2D eigenvalue weighted by atomic mass is 35.5. The van der Waals surface area contributed by atoms with Crippen molar-refractivity contribution in [1.29, 1.82) is 0 Å². The number of thiocarbonyl (C=S) groups is 1. The Kier molecular flexibility index (Phi) is 2.62. The molecule has 0 saturated heterocycles. The molecule has 1 aromatic rings. The van der Waals surface area contributed by atoms with Crippen molar-refractivity contribution in [3.05, 3.63) is 28.0 Å². The third-order valence-corrected chi connectivity index (χ3v) is 2.09. The lowest BCUT2D eigenvalue weighted by Gasteiger charge is -2.06. The minimum absolute atomic E-state index is 0.110. The van der Waals surface area contributed by atoms with Gasteiger partial charge in [-0.05, 0) is 24.4 Å². The zero-order valence-electron chi connectivity index (χ0n) is 6.65. The van der Waals surface area contributed by atoms with Crippen molar-refractivity contribution in [2.45, 2.75) is 6.23 Å². The highest BCUT2D eigenvalue weighted by Gasteiger charge is 2.20. The molecule has 72 valence electrons. The Bertz CT molecular complexity index is 403. The van der Waals surface area contributed by atoms with Gasteiger partial charge in [-0.15, -0.1) is 10.2 Å². The van der Waals surface area contributed by atoms with Crippen LogP contribution in [0.2, 0.25) is 10.3 Å². The van der Waals surface area contributed by atoms with Gasteiger partial charge in [0, 0.05) is 5.56 Å². The van der Waals surface area contributed by atoms with Gasteiger partial charge >= 0.3 is 5.17 Å². The Morgan fingerprint density at radius 1 is 1.29 bits per heavy atom. The molecule has 7 heteroatoms. The van der Waals surface area contributed by atoms with Crippen LogP contribution in [0.1, 0.15) is 11.8 Å². The van der Waals surface area contributed by atoms with Crippen molar-refractivity contribution in [2.24, 2.45) is 10.2 Å². The molecule has 0 N–H and O–H groups in total. The summed E-state index contributed by atoms with van der Waals surface area (Å²) in [7, 11) is 0. The summed E-state index contributed by atoms with van der Waals surface area (Å²) in [6.45, 7) is 0.